The van der Waals surface area contributed by atoms with Gasteiger partial charge in [-0.05, 0) is 76.9 Å². The molecule has 1 aliphatic heterocycles. The summed E-state index contributed by atoms with van der Waals surface area (Å²) in [6.07, 6.45) is 6.51. The summed E-state index contributed by atoms with van der Waals surface area (Å²) in [5.74, 6) is 0. The maximum Gasteiger partial charge on any atom is 0.0815 e. The van der Waals surface area contributed by atoms with E-state index in [2.05, 4.69) is 150 Å². The van der Waals surface area contributed by atoms with Crippen LogP contribution < -0.4 is 10.6 Å². The van der Waals surface area contributed by atoms with Crippen molar-refractivity contribution in [2.75, 3.05) is 0 Å². The fourth-order valence-corrected chi connectivity index (χ4v) is 11.7. The van der Waals surface area contributed by atoms with Crippen molar-refractivity contribution in [3.8, 4) is 11.1 Å². The number of aryl methyl sites for hydroxylation is 1. The lowest BCUT2D eigenvalue weighted by Crippen LogP contribution is -2.44. The highest BCUT2D eigenvalue weighted by Gasteiger charge is 2.24. The molecule has 1 aliphatic carbocycles. The molecule has 6 heteroatoms. The first-order valence-electron chi connectivity index (χ1n) is 17.6. The molecule has 0 radical (unpaired) electrons. The van der Waals surface area contributed by atoms with Crippen LogP contribution in [0.2, 0.25) is 0 Å². The highest BCUT2D eigenvalue weighted by Crippen LogP contribution is 2.44. The summed E-state index contributed by atoms with van der Waals surface area (Å²) >= 11 is 5.68. The topological polar surface area (TPSA) is 38.2 Å². The van der Waals surface area contributed by atoms with E-state index in [1.165, 1.54) is 88.7 Å². The van der Waals surface area contributed by atoms with Gasteiger partial charge in [0.1, 0.15) is 0 Å². The monoisotopic (exact) mass is 710 g/mol. The Morgan fingerprint density at radius 2 is 1.29 bits per heavy atom. The summed E-state index contributed by atoms with van der Waals surface area (Å²) in [4.78, 5) is 1.41. The molecule has 0 amide bonds. The third-order valence-corrected chi connectivity index (χ3v) is 14.1. The fourth-order valence-electron chi connectivity index (χ4n) is 8.07. The minimum absolute atomic E-state index is 0.0722. The van der Waals surface area contributed by atoms with Crippen LogP contribution in [0, 0.1) is 0 Å². The van der Waals surface area contributed by atoms with Gasteiger partial charge in [-0.25, -0.2) is 0 Å². The van der Waals surface area contributed by atoms with Crippen molar-refractivity contribution in [3.05, 3.63) is 166 Å². The van der Waals surface area contributed by atoms with Gasteiger partial charge < -0.3 is 16.0 Å². The van der Waals surface area contributed by atoms with Gasteiger partial charge in [0.2, 0.25) is 0 Å². The summed E-state index contributed by atoms with van der Waals surface area (Å²) in [6.45, 7) is 0. The smallest absolute Gasteiger partial charge is 0.0815 e. The first-order valence-corrected chi connectivity index (χ1v) is 20.0. The van der Waals surface area contributed by atoms with Crippen LogP contribution in [-0.4, -0.2) is 0 Å². The molecule has 3 unspecified atom stereocenters. The quantitative estimate of drug-likeness (QED) is 0.191. The fraction of sp³-hybridized carbons (Fsp3) is 0.111. The first kappa shape index (κ1) is 30.0. The van der Waals surface area contributed by atoms with Crippen LogP contribution in [0.5, 0.6) is 0 Å². The molecule has 3 nitrogen and oxygen atoms in total. The number of allylic oxidation sites excluding steroid dienone is 1. The van der Waals surface area contributed by atoms with Crippen molar-refractivity contribution >= 4 is 90.5 Å². The lowest BCUT2D eigenvalue weighted by Gasteiger charge is -2.50. The highest BCUT2D eigenvalue weighted by atomic mass is 32.1. The number of benzene rings is 6. The molecule has 11 rings (SSSR count). The van der Waals surface area contributed by atoms with Crippen molar-refractivity contribution < 1.29 is 0 Å². The number of thiophene rings is 3. The van der Waals surface area contributed by atoms with E-state index in [-0.39, 0.29) is 18.5 Å². The van der Waals surface area contributed by atoms with Crippen molar-refractivity contribution in [1.29, 1.82) is 0 Å². The van der Waals surface area contributed by atoms with E-state index < -0.39 is 0 Å². The lowest BCUT2D eigenvalue weighted by atomic mass is 9.99. The second kappa shape index (κ2) is 12.0. The summed E-state index contributed by atoms with van der Waals surface area (Å²) in [5, 5.41) is 19.8. The Hall–Kier alpha value is -4.66. The minimum Gasteiger partial charge on any atom is -0.624 e. The Labute approximate surface area is 307 Å². The standard InChI is InChI=1S/C45H32N3S3/c1-2-9-26(10-3-1)43-46-44(48-45(47-43)29-18-21-33-31-11-4-6-15-37(31)49-41(33)25-29)28-19-22-39-36(23-28)34-20-17-27(24-40(34)50-39)30-13-8-14-35-32-12-5-7-16-38(32)51-42(30)35/h1-3,5-10,12-25,43-46,48H,4,11H2/q-1. The van der Waals surface area contributed by atoms with Crippen molar-refractivity contribution in [1.82, 2.24) is 10.6 Å². The molecule has 3 atom stereocenters. The maximum atomic E-state index is 5.33. The lowest BCUT2D eigenvalue weighted by molar-refractivity contribution is 0.316. The molecule has 246 valence electrons. The molecule has 6 aromatic carbocycles. The second-order valence-electron chi connectivity index (χ2n) is 13.6. The zero-order chi connectivity index (χ0) is 33.5. The van der Waals surface area contributed by atoms with E-state index in [1.54, 1.807) is 0 Å². The molecule has 1 fully saturated rings. The van der Waals surface area contributed by atoms with Gasteiger partial charge in [0.15, 0.2) is 0 Å². The van der Waals surface area contributed by atoms with Gasteiger partial charge in [-0.2, -0.15) is 0 Å². The van der Waals surface area contributed by atoms with Crippen molar-refractivity contribution in [2.45, 2.75) is 31.3 Å². The van der Waals surface area contributed by atoms with E-state index >= 15 is 0 Å². The van der Waals surface area contributed by atoms with Gasteiger partial charge in [0, 0.05) is 49.9 Å². The summed E-state index contributed by atoms with van der Waals surface area (Å²) in [6, 6.07) is 47.1. The maximum absolute atomic E-state index is 5.33. The largest absolute Gasteiger partial charge is 0.624 e. The van der Waals surface area contributed by atoms with Crippen LogP contribution in [-0.2, 0) is 6.42 Å². The normalized spacial score (nSPS) is 19.1. The van der Waals surface area contributed by atoms with Gasteiger partial charge in [0.25, 0.3) is 0 Å². The number of rotatable bonds is 4. The Kier molecular flexibility index (Phi) is 7.04. The molecule has 0 saturated carbocycles. The van der Waals surface area contributed by atoms with Crippen LogP contribution >= 0.6 is 34.0 Å². The SMILES string of the molecule is C1=Cc2sc3cc(C4[N-]C(c5ccccc5)NC(c5ccc6sc7cc(-c8cccc9c8sc8ccccc89)ccc7c6c5)N4)ccc3c2CC1. The molecule has 0 spiro atoms. The van der Waals surface area contributed by atoms with Crippen LogP contribution in [0.4, 0.5) is 0 Å². The average molecular weight is 711 g/mol. The molecule has 51 heavy (non-hydrogen) atoms. The summed E-state index contributed by atoms with van der Waals surface area (Å²) in [5.41, 5.74) is 7.69. The van der Waals surface area contributed by atoms with Crippen LogP contribution in [0.3, 0.4) is 0 Å². The first-order chi connectivity index (χ1) is 25.2. The Balaban J connectivity index is 0.968. The number of hydrogen-bond acceptors (Lipinski definition) is 5. The van der Waals surface area contributed by atoms with Crippen LogP contribution in [0.25, 0.3) is 73.0 Å². The van der Waals surface area contributed by atoms with Crippen LogP contribution in [0.15, 0.2) is 133 Å². The predicted octanol–water partition coefficient (Wildman–Crippen LogP) is 13.2. The Bertz CT molecular complexity index is 2820. The Morgan fingerprint density at radius 3 is 2.24 bits per heavy atom. The van der Waals surface area contributed by atoms with E-state index in [4.69, 9.17) is 5.32 Å². The molecule has 9 aromatic rings. The molecular formula is C45H32N3S3-. The predicted molar refractivity (Wildman–Crippen MR) is 221 cm³/mol. The number of nitrogens with one attached hydrogen (secondary N) is 2. The molecular weight excluding hydrogens is 679 g/mol. The Morgan fingerprint density at radius 1 is 0.529 bits per heavy atom. The average Bonchev–Trinajstić information content (AvgIpc) is 3.88. The molecule has 2 N–H and O–H groups in total. The summed E-state index contributed by atoms with van der Waals surface area (Å²) < 4.78 is 6.68. The number of hydrogen-bond donors (Lipinski definition) is 2. The molecule has 3 aromatic heterocycles. The second-order valence-corrected chi connectivity index (χ2v) is 16.8. The minimum atomic E-state index is -0.144. The number of nitrogens with zero attached hydrogens (tertiary/aromatic N) is 1. The zero-order valence-electron chi connectivity index (χ0n) is 27.6. The van der Waals surface area contributed by atoms with Gasteiger partial charge in [-0.1, -0.05) is 127 Å². The molecule has 2 aliphatic rings. The molecule has 0 bridgehead atoms. The van der Waals surface area contributed by atoms with Crippen LogP contribution in [0.1, 0.15) is 52.0 Å². The van der Waals surface area contributed by atoms with E-state index in [0.717, 1.165) is 12.8 Å². The number of fused-ring (bicyclic) bond motifs is 9. The zero-order valence-corrected chi connectivity index (χ0v) is 30.0. The molecule has 4 heterocycles. The van der Waals surface area contributed by atoms with Crippen molar-refractivity contribution in [2.24, 2.45) is 0 Å². The third kappa shape index (κ3) is 5.01. The van der Waals surface area contributed by atoms with Gasteiger partial charge in [-0.15, -0.1) is 34.0 Å². The van der Waals surface area contributed by atoms with E-state index in [9.17, 15) is 0 Å². The third-order valence-electron chi connectivity index (χ3n) is 10.6. The van der Waals surface area contributed by atoms with E-state index in [0.29, 0.717) is 0 Å². The summed E-state index contributed by atoms with van der Waals surface area (Å²) in [7, 11) is 0. The van der Waals surface area contributed by atoms with E-state index in [1.807, 2.05) is 34.0 Å². The van der Waals surface area contributed by atoms with Crippen molar-refractivity contribution in [3.63, 3.8) is 0 Å². The molecule has 1 saturated heterocycles. The van der Waals surface area contributed by atoms with Gasteiger partial charge in [-0.3, -0.25) is 0 Å². The van der Waals surface area contributed by atoms with Gasteiger partial charge in [0.05, 0.1) is 6.17 Å². The van der Waals surface area contributed by atoms with Gasteiger partial charge >= 0.3 is 0 Å². The highest BCUT2D eigenvalue weighted by molar-refractivity contribution is 7.26.